The highest BCUT2D eigenvalue weighted by Crippen LogP contribution is 2.37. The molecule has 3 aromatic carbocycles. The minimum Gasteiger partial charge on any atom is -0.379 e. The number of aromatic nitrogens is 1. The van der Waals surface area contributed by atoms with Crippen LogP contribution in [0.2, 0.25) is 5.02 Å². The molecule has 0 aliphatic carbocycles. The first kappa shape index (κ1) is 18.0. The standard InChI is InChI=1S/C23H14ClFN2OS/c24-16-7-8-17-20(22(16)27-11-13-4-2-1-3-5-13)21-19(12-26-17)29-18-9-6-14(25)10-15(18)23(21)28/h1-10,12,27H,11H2. The van der Waals surface area contributed by atoms with Crippen molar-refractivity contribution in [1.29, 1.82) is 0 Å². The van der Waals surface area contributed by atoms with Crippen LogP contribution in [0.5, 0.6) is 0 Å². The summed E-state index contributed by atoms with van der Waals surface area (Å²) in [6, 6.07) is 17.8. The molecule has 0 spiro atoms. The number of rotatable bonds is 3. The third kappa shape index (κ3) is 3.12. The van der Waals surface area contributed by atoms with Gasteiger partial charge in [-0.25, -0.2) is 4.39 Å². The van der Waals surface area contributed by atoms with Gasteiger partial charge in [0.05, 0.1) is 26.3 Å². The van der Waals surface area contributed by atoms with Gasteiger partial charge in [-0.1, -0.05) is 41.9 Å². The molecule has 0 aliphatic rings. The van der Waals surface area contributed by atoms with Crippen molar-refractivity contribution in [3.8, 4) is 0 Å². The molecule has 0 fully saturated rings. The second kappa shape index (κ2) is 7.10. The smallest absolute Gasteiger partial charge is 0.196 e. The van der Waals surface area contributed by atoms with Crippen LogP contribution in [0, 0.1) is 5.82 Å². The van der Waals surface area contributed by atoms with Crippen molar-refractivity contribution >= 4 is 59.7 Å². The maximum absolute atomic E-state index is 13.8. The van der Waals surface area contributed by atoms with Crippen molar-refractivity contribution in [3.63, 3.8) is 0 Å². The van der Waals surface area contributed by atoms with E-state index in [-0.39, 0.29) is 5.43 Å². The van der Waals surface area contributed by atoms with Crippen LogP contribution >= 0.6 is 22.9 Å². The maximum Gasteiger partial charge on any atom is 0.196 e. The quantitative estimate of drug-likeness (QED) is 0.272. The van der Waals surface area contributed by atoms with E-state index in [4.69, 9.17) is 11.6 Å². The molecule has 0 saturated carbocycles. The zero-order chi connectivity index (χ0) is 20.0. The Morgan fingerprint density at radius 3 is 2.66 bits per heavy atom. The zero-order valence-electron chi connectivity index (χ0n) is 15.1. The summed E-state index contributed by atoms with van der Waals surface area (Å²) in [7, 11) is 0. The van der Waals surface area contributed by atoms with E-state index in [0.29, 0.717) is 38.9 Å². The van der Waals surface area contributed by atoms with E-state index in [9.17, 15) is 9.18 Å². The van der Waals surface area contributed by atoms with Crippen molar-refractivity contribution in [2.24, 2.45) is 0 Å². The number of nitrogens with one attached hydrogen (secondary N) is 1. The largest absolute Gasteiger partial charge is 0.379 e. The molecule has 29 heavy (non-hydrogen) atoms. The minimum absolute atomic E-state index is 0.217. The summed E-state index contributed by atoms with van der Waals surface area (Å²) in [5.41, 5.74) is 2.20. The van der Waals surface area contributed by atoms with Gasteiger partial charge in [0.15, 0.2) is 5.43 Å². The molecule has 0 aliphatic heterocycles. The van der Waals surface area contributed by atoms with Gasteiger partial charge in [0.2, 0.25) is 0 Å². The van der Waals surface area contributed by atoms with E-state index in [2.05, 4.69) is 10.3 Å². The number of hydrogen-bond donors (Lipinski definition) is 1. The van der Waals surface area contributed by atoms with E-state index < -0.39 is 5.82 Å². The SMILES string of the molecule is O=c1c2cc(F)ccc2sc2cnc3ccc(Cl)c(NCc4ccccc4)c3c12. The summed E-state index contributed by atoms with van der Waals surface area (Å²) in [5.74, 6) is -0.431. The van der Waals surface area contributed by atoms with Crippen molar-refractivity contribution in [1.82, 2.24) is 4.98 Å². The van der Waals surface area contributed by atoms with Crippen molar-refractivity contribution in [3.05, 3.63) is 93.5 Å². The number of halogens is 2. The van der Waals surface area contributed by atoms with Crippen molar-refractivity contribution in [2.45, 2.75) is 6.54 Å². The molecule has 2 aromatic heterocycles. The third-order valence-electron chi connectivity index (χ3n) is 4.90. The first-order valence-electron chi connectivity index (χ1n) is 9.03. The van der Waals surface area contributed by atoms with Crippen LogP contribution in [0.15, 0.2) is 71.7 Å². The summed E-state index contributed by atoms with van der Waals surface area (Å²) in [5, 5.41) is 5.42. The molecule has 5 aromatic rings. The fourth-order valence-electron chi connectivity index (χ4n) is 3.53. The lowest BCUT2D eigenvalue weighted by Crippen LogP contribution is -2.06. The molecule has 0 saturated heterocycles. The number of fused-ring (bicyclic) bond motifs is 4. The summed E-state index contributed by atoms with van der Waals surface area (Å²) in [6.45, 7) is 0.551. The fourth-order valence-corrected chi connectivity index (χ4v) is 4.79. The molecule has 0 bridgehead atoms. The number of hydrogen-bond acceptors (Lipinski definition) is 4. The fraction of sp³-hybridized carbons (Fsp3) is 0.0435. The molecule has 0 atom stereocenters. The van der Waals surface area contributed by atoms with Gasteiger partial charge in [-0.15, -0.1) is 11.3 Å². The Hall–Kier alpha value is -3.02. The predicted octanol–water partition coefficient (Wildman–Crippen LogP) is 6.37. The number of nitrogens with zero attached hydrogens (tertiary/aromatic N) is 1. The maximum atomic E-state index is 13.8. The molecule has 6 heteroatoms. The van der Waals surface area contributed by atoms with Crippen molar-refractivity contribution < 1.29 is 4.39 Å². The summed E-state index contributed by atoms with van der Waals surface area (Å²) in [4.78, 5) is 17.9. The lowest BCUT2D eigenvalue weighted by Gasteiger charge is -2.13. The van der Waals surface area contributed by atoms with Crippen molar-refractivity contribution in [2.75, 3.05) is 5.32 Å². The van der Waals surface area contributed by atoms with Gasteiger partial charge in [0, 0.05) is 28.2 Å². The zero-order valence-corrected chi connectivity index (χ0v) is 16.7. The average molecular weight is 421 g/mol. The van der Waals surface area contributed by atoms with Crippen LogP contribution in [-0.2, 0) is 6.54 Å². The molecule has 0 radical (unpaired) electrons. The molecule has 5 rings (SSSR count). The highest BCUT2D eigenvalue weighted by molar-refractivity contribution is 7.24. The normalized spacial score (nSPS) is 11.4. The van der Waals surface area contributed by atoms with E-state index in [1.807, 2.05) is 30.3 Å². The minimum atomic E-state index is -0.431. The van der Waals surface area contributed by atoms with Gasteiger partial charge in [0.25, 0.3) is 0 Å². The van der Waals surface area contributed by atoms with Crippen LogP contribution in [0.25, 0.3) is 31.1 Å². The van der Waals surface area contributed by atoms with Gasteiger partial charge < -0.3 is 5.32 Å². The molecular formula is C23H14ClFN2OS. The number of pyridine rings is 1. The monoisotopic (exact) mass is 420 g/mol. The molecule has 142 valence electrons. The Balaban J connectivity index is 1.81. The Kier molecular flexibility index (Phi) is 4.42. The molecule has 0 unspecified atom stereocenters. The van der Waals surface area contributed by atoms with E-state index in [1.54, 1.807) is 24.4 Å². The highest BCUT2D eigenvalue weighted by atomic mass is 35.5. The van der Waals surface area contributed by atoms with Crippen LogP contribution in [0.4, 0.5) is 10.1 Å². The average Bonchev–Trinajstić information content (AvgIpc) is 2.74. The van der Waals surface area contributed by atoms with Gasteiger partial charge in [-0.2, -0.15) is 0 Å². The van der Waals surface area contributed by atoms with Crippen LogP contribution < -0.4 is 10.7 Å². The van der Waals surface area contributed by atoms with Crippen LogP contribution in [0.3, 0.4) is 0 Å². The number of benzene rings is 3. The molecule has 1 N–H and O–H groups in total. The molecule has 2 heterocycles. The summed E-state index contributed by atoms with van der Waals surface area (Å²) < 4.78 is 15.3. The first-order chi connectivity index (χ1) is 14.1. The summed E-state index contributed by atoms with van der Waals surface area (Å²) >= 11 is 7.93. The van der Waals surface area contributed by atoms with E-state index >= 15 is 0 Å². The first-order valence-corrected chi connectivity index (χ1v) is 10.2. The highest BCUT2D eigenvalue weighted by Gasteiger charge is 2.16. The Morgan fingerprint density at radius 2 is 1.83 bits per heavy atom. The predicted molar refractivity (Wildman–Crippen MR) is 120 cm³/mol. The van der Waals surface area contributed by atoms with E-state index in [0.717, 1.165) is 15.0 Å². The topological polar surface area (TPSA) is 42.0 Å². The van der Waals surface area contributed by atoms with Gasteiger partial charge >= 0.3 is 0 Å². The van der Waals surface area contributed by atoms with E-state index in [1.165, 1.54) is 23.5 Å². The Morgan fingerprint density at radius 1 is 1.00 bits per heavy atom. The molecular weight excluding hydrogens is 407 g/mol. The Labute approximate surface area is 174 Å². The lowest BCUT2D eigenvalue weighted by atomic mass is 10.1. The van der Waals surface area contributed by atoms with Gasteiger partial charge in [0.1, 0.15) is 5.82 Å². The Bertz CT molecular complexity index is 1450. The molecule has 3 nitrogen and oxygen atoms in total. The number of anilines is 1. The second-order valence-corrected chi connectivity index (χ2v) is 8.22. The van der Waals surface area contributed by atoms with Crippen LogP contribution in [-0.4, -0.2) is 4.98 Å². The van der Waals surface area contributed by atoms with Gasteiger partial charge in [-0.3, -0.25) is 9.78 Å². The third-order valence-corrected chi connectivity index (χ3v) is 6.32. The lowest BCUT2D eigenvalue weighted by molar-refractivity contribution is 0.630. The molecule has 0 amide bonds. The van der Waals surface area contributed by atoms with Gasteiger partial charge in [-0.05, 0) is 35.9 Å². The van der Waals surface area contributed by atoms with Crippen LogP contribution in [0.1, 0.15) is 5.56 Å². The second-order valence-electron chi connectivity index (χ2n) is 6.72. The summed E-state index contributed by atoms with van der Waals surface area (Å²) in [6.07, 6.45) is 1.70.